The Morgan fingerprint density at radius 3 is 2.67 bits per heavy atom. The Balaban J connectivity index is 2.06. The molecule has 0 bridgehead atoms. The van der Waals surface area contributed by atoms with E-state index in [9.17, 15) is 9.59 Å². The Kier molecular flexibility index (Phi) is 3.43. The molecule has 2 rings (SSSR count). The topological polar surface area (TPSA) is 49.4 Å². The molecule has 5 heteroatoms. The van der Waals surface area contributed by atoms with E-state index in [1.165, 1.54) is 9.78 Å². The lowest BCUT2D eigenvalue weighted by Gasteiger charge is -2.25. The molecule has 0 spiro atoms. The van der Waals surface area contributed by atoms with Crippen molar-refractivity contribution >= 4 is 23.3 Å². The van der Waals surface area contributed by atoms with Gasteiger partial charge in [-0.1, -0.05) is 19.9 Å². The molecule has 1 saturated heterocycles. The summed E-state index contributed by atoms with van der Waals surface area (Å²) >= 11 is 1.65. The van der Waals surface area contributed by atoms with Crippen molar-refractivity contribution in [2.75, 3.05) is 6.54 Å². The van der Waals surface area contributed by atoms with E-state index in [2.05, 4.69) is 5.32 Å². The molecular formula is C13H18N2O2S. The summed E-state index contributed by atoms with van der Waals surface area (Å²) < 4.78 is 0. The average molecular weight is 266 g/mol. The zero-order valence-electron chi connectivity index (χ0n) is 10.9. The van der Waals surface area contributed by atoms with Crippen LogP contribution in [0, 0.1) is 5.92 Å². The first-order valence-electron chi connectivity index (χ1n) is 6.11. The van der Waals surface area contributed by atoms with Gasteiger partial charge in [0, 0.05) is 11.4 Å². The van der Waals surface area contributed by atoms with Crippen molar-refractivity contribution < 1.29 is 9.59 Å². The van der Waals surface area contributed by atoms with E-state index in [0.717, 1.165) is 6.42 Å². The Labute approximate surface area is 111 Å². The van der Waals surface area contributed by atoms with Crippen molar-refractivity contribution in [2.24, 2.45) is 5.92 Å². The third-order valence-electron chi connectivity index (χ3n) is 3.62. The van der Waals surface area contributed by atoms with Crippen molar-refractivity contribution in [1.82, 2.24) is 10.2 Å². The number of nitrogens with one attached hydrogen (secondary N) is 1. The number of carbonyl (C=O) groups is 2. The van der Waals surface area contributed by atoms with Crippen molar-refractivity contribution in [3.8, 4) is 0 Å². The van der Waals surface area contributed by atoms with Gasteiger partial charge in [0.15, 0.2) is 0 Å². The van der Waals surface area contributed by atoms with Crippen LogP contribution in [0.3, 0.4) is 0 Å². The van der Waals surface area contributed by atoms with Crippen LogP contribution in [0.4, 0.5) is 4.79 Å². The molecule has 2 heterocycles. The molecule has 1 aliphatic heterocycles. The minimum absolute atomic E-state index is 0.0840. The second kappa shape index (κ2) is 4.72. The lowest BCUT2D eigenvalue weighted by Crippen LogP contribution is -2.48. The maximum Gasteiger partial charge on any atom is 0.325 e. The lowest BCUT2D eigenvalue weighted by molar-refractivity contribution is -0.132. The summed E-state index contributed by atoms with van der Waals surface area (Å²) in [4.78, 5) is 26.7. The monoisotopic (exact) mass is 266 g/mol. The number of thiophene rings is 1. The smallest absolute Gasteiger partial charge is 0.323 e. The molecule has 1 atom stereocenters. The van der Waals surface area contributed by atoms with Crippen LogP contribution in [0.5, 0.6) is 0 Å². The normalized spacial score (nSPS) is 23.9. The molecular weight excluding hydrogens is 248 g/mol. The number of nitrogens with zero attached hydrogens (tertiary/aromatic N) is 1. The zero-order chi connectivity index (χ0) is 13.3. The number of carbonyl (C=O) groups excluding carboxylic acids is 2. The molecule has 98 valence electrons. The first kappa shape index (κ1) is 13.1. The summed E-state index contributed by atoms with van der Waals surface area (Å²) in [5.74, 6) is -0.0280. The molecule has 1 unspecified atom stereocenters. The van der Waals surface area contributed by atoms with Gasteiger partial charge < -0.3 is 5.32 Å². The van der Waals surface area contributed by atoms with Crippen molar-refractivity contribution in [2.45, 2.75) is 32.7 Å². The van der Waals surface area contributed by atoms with E-state index >= 15 is 0 Å². The second-order valence-electron chi connectivity index (χ2n) is 5.07. The highest BCUT2D eigenvalue weighted by Crippen LogP contribution is 2.25. The van der Waals surface area contributed by atoms with Crippen LogP contribution in [0.25, 0.3) is 0 Å². The van der Waals surface area contributed by atoms with E-state index in [1.807, 2.05) is 31.4 Å². The summed E-state index contributed by atoms with van der Waals surface area (Å²) in [5, 5.41) is 4.80. The van der Waals surface area contributed by atoms with Crippen molar-refractivity contribution in [3.63, 3.8) is 0 Å². The summed E-state index contributed by atoms with van der Waals surface area (Å²) in [7, 11) is 0. The van der Waals surface area contributed by atoms with E-state index in [-0.39, 0.29) is 17.9 Å². The molecule has 0 saturated carbocycles. The third-order valence-corrected chi connectivity index (χ3v) is 4.55. The Hall–Kier alpha value is -1.36. The van der Waals surface area contributed by atoms with Crippen LogP contribution in [-0.4, -0.2) is 28.9 Å². The number of hydrogen-bond acceptors (Lipinski definition) is 3. The Morgan fingerprint density at radius 2 is 2.17 bits per heavy atom. The molecule has 1 aromatic heterocycles. The van der Waals surface area contributed by atoms with Crippen LogP contribution in [0.2, 0.25) is 0 Å². The molecule has 1 aliphatic rings. The fourth-order valence-corrected chi connectivity index (χ4v) is 2.69. The SMILES string of the molecule is CC(C)C1(C)NC(=O)N(CCc2cccs2)C1=O. The number of imide groups is 1. The Morgan fingerprint density at radius 1 is 1.44 bits per heavy atom. The highest BCUT2D eigenvalue weighted by atomic mass is 32.1. The van der Waals surface area contributed by atoms with Crippen LogP contribution >= 0.6 is 11.3 Å². The van der Waals surface area contributed by atoms with Gasteiger partial charge in [-0.2, -0.15) is 0 Å². The summed E-state index contributed by atoms with van der Waals surface area (Å²) in [6.45, 7) is 6.14. The number of urea groups is 1. The maximum atomic E-state index is 12.3. The van der Waals surface area contributed by atoms with E-state index < -0.39 is 5.54 Å². The standard InChI is InChI=1S/C13H18N2O2S/c1-9(2)13(3)11(16)15(12(17)14-13)7-6-10-5-4-8-18-10/h4-5,8-9H,6-7H2,1-3H3,(H,14,17). The predicted molar refractivity (Wildman–Crippen MR) is 71.5 cm³/mol. The zero-order valence-corrected chi connectivity index (χ0v) is 11.7. The minimum atomic E-state index is -0.757. The molecule has 1 aromatic rings. The molecule has 3 amide bonds. The first-order chi connectivity index (χ1) is 8.45. The van der Waals surface area contributed by atoms with Gasteiger partial charge in [-0.25, -0.2) is 4.79 Å². The Bertz CT molecular complexity index is 456. The molecule has 1 N–H and O–H groups in total. The van der Waals surface area contributed by atoms with E-state index in [4.69, 9.17) is 0 Å². The average Bonchev–Trinajstić information content (AvgIpc) is 2.87. The largest absolute Gasteiger partial charge is 0.325 e. The van der Waals surface area contributed by atoms with Crippen LogP contribution in [0.15, 0.2) is 17.5 Å². The molecule has 1 fully saturated rings. The van der Waals surface area contributed by atoms with Gasteiger partial charge in [0.1, 0.15) is 5.54 Å². The second-order valence-corrected chi connectivity index (χ2v) is 6.11. The molecule has 18 heavy (non-hydrogen) atoms. The van der Waals surface area contributed by atoms with E-state index in [1.54, 1.807) is 18.3 Å². The van der Waals surface area contributed by atoms with Gasteiger partial charge in [0.05, 0.1) is 0 Å². The molecule has 4 nitrogen and oxygen atoms in total. The number of rotatable bonds is 4. The van der Waals surface area contributed by atoms with Gasteiger partial charge >= 0.3 is 6.03 Å². The predicted octanol–water partition coefficient (Wildman–Crippen LogP) is 2.26. The van der Waals surface area contributed by atoms with Crippen LogP contribution in [0.1, 0.15) is 25.6 Å². The van der Waals surface area contributed by atoms with Gasteiger partial charge in [0.2, 0.25) is 0 Å². The number of amides is 3. The third kappa shape index (κ3) is 2.14. The van der Waals surface area contributed by atoms with E-state index in [0.29, 0.717) is 6.54 Å². The number of hydrogen-bond donors (Lipinski definition) is 1. The summed E-state index contributed by atoms with van der Waals surface area (Å²) in [6, 6.07) is 3.72. The quantitative estimate of drug-likeness (QED) is 0.850. The van der Waals surface area contributed by atoms with Gasteiger partial charge in [-0.3, -0.25) is 9.69 Å². The first-order valence-corrected chi connectivity index (χ1v) is 6.99. The van der Waals surface area contributed by atoms with Crippen LogP contribution in [-0.2, 0) is 11.2 Å². The highest BCUT2D eigenvalue weighted by molar-refractivity contribution is 7.09. The van der Waals surface area contributed by atoms with Gasteiger partial charge in [0.25, 0.3) is 5.91 Å². The highest BCUT2D eigenvalue weighted by Gasteiger charge is 2.49. The molecule has 0 radical (unpaired) electrons. The molecule has 0 aromatic carbocycles. The van der Waals surface area contributed by atoms with Crippen molar-refractivity contribution in [1.29, 1.82) is 0 Å². The minimum Gasteiger partial charge on any atom is -0.323 e. The fourth-order valence-electron chi connectivity index (χ4n) is 1.99. The lowest BCUT2D eigenvalue weighted by atomic mass is 9.88. The van der Waals surface area contributed by atoms with Crippen LogP contribution < -0.4 is 5.32 Å². The van der Waals surface area contributed by atoms with Gasteiger partial charge in [-0.05, 0) is 30.7 Å². The van der Waals surface area contributed by atoms with Gasteiger partial charge in [-0.15, -0.1) is 11.3 Å². The fraction of sp³-hybridized carbons (Fsp3) is 0.538. The summed E-state index contributed by atoms with van der Waals surface area (Å²) in [6.07, 6.45) is 0.727. The molecule has 0 aliphatic carbocycles. The van der Waals surface area contributed by atoms with Crippen molar-refractivity contribution in [3.05, 3.63) is 22.4 Å². The summed E-state index contributed by atoms with van der Waals surface area (Å²) in [5.41, 5.74) is -0.757. The maximum absolute atomic E-state index is 12.3.